The first-order valence-electron chi connectivity index (χ1n) is 7.69. The number of non-ortho nitro benzene ring substituents is 1. The number of nitrogens with one attached hydrogen (secondary N) is 1. The topological polar surface area (TPSA) is 115 Å². The van der Waals surface area contributed by atoms with E-state index in [4.69, 9.17) is 20.8 Å². The first-order chi connectivity index (χ1) is 12.9. The predicted molar refractivity (Wildman–Crippen MR) is 97.2 cm³/mol. The molecule has 3 rings (SSSR count). The van der Waals surface area contributed by atoms with Crippen LogP contribution in [0.3, 0.4) is 0 Å². The number of carbonyl (C=O) groups is 1. The number of hydrogen-bond acceptors (Lipinski definition) is 6. The Morgan fingerprint density at radius 1 is 1.22 bits per heavy atom. The van der Waals surface area contributed by atoms with Crippen LogP contribution in [0.5, 0.6) is 11.5 Å². The lowest BCUT2D eigenvalue weighted by atomic mass is 10.3. The number of amides is 1. The Balaban J connectivity index is 1.66. The second-order valence-corrected chi connectivity index (χ2v) is 5.80. The molecule has 1 amide bonds. The molecule has 2 N–H and O–H groups in total. The molecule has 0 radical (unpaired) electrons. The minimum Gasteiger partial charge on any atom is -0.506 e. The number of nitrogens with zero attached hydrogens (tertiary/aromatic N) is 1. The molecule has 0 aliphatic carbocycles. The van der Waals surface area contributed by atoms with Gasteiger partial charge in [-0.05, 0) is 30.3 Å². The van der Waals surface area contributed by atoms with Gasteiger partial charge in [0.25, 0.3) is 11.6 Å². The van der Waals surface area contributed by atoms with Crippen molar-refractivity contribution in [2.75, 3.05) is 5.32 Å². The van der Waals surface area contributed by atoms with Gasteiger partial charge in [0.2, 0.25) is 0 Å². The van der Waals surface area contributed by atoms with Crippen molar-refractivity contribution in [3.63, 3.8) is 0 Å². The van der Waals surface area contributed by atoms with Crippen LogP contribution in [0.15, 0.2) is 59.0 Å². The van der Waals surface area contributed by atoms with Crippen LogP contribution in [0, 0.1) is 10.1 Å². The Morgan fingerprint density at radius 2 is 2.00 bits per heavy atom. The van der Waals surface area contributed by atoms with Crippen LogP contribution in [0.4, 0.5) is 11.4 Å². The minimum atomic E-state index is -0.558. The molecule has 1 aromatic heterocycles. The summed E-state index contributed by atoms with van der Waals surface area (Å²) in [6, 6.07) is 13.1. The number of nitro benzene ring substituents is 1. The molecule has 2 aromatic carbocycles. The molecule has 0 unspecified atom stereocenters. The molecular formula is C18H13ClN2O6. The van der Waals surface area contributed by atoms with Gasteiger partial charge in [-0.25, -0.2) is 0 Å². The van der Waals surface area contributed by atoms with Gasteiger partial charge < -0.3 is 19.6 Å². The summed E-state index contributed by atoms with van der Waals surface area (Å²) in [5.41, 5.74) is 0.0941. The zero-order chi connectivity index (χ0) is 19.4. The Kier molecular flexibility index (Phi) is 5.28. The molecule has 0 aliphatic rings. The number of carbonyl (C=O) groups excluding carboxylic acids is 1. The summed E-state index contributed by atoms with van der Waals surface area (Å²) in [6.45, 7) is -0.0786. The van der Waals surface area contributed by atoms with Crippen molar-refractivity contribution in [1.82, 2.24) is 0 Å². The molecule has 1 heterocycles. The van der Waals surface area contributed by atoms with Crippen molar-refractivity contribution in [3.8, 4) is 11.5 Å². The normalized spacial score (nSPS) is 10.4. The maximum atomic E-state index is 12.2. The van der Waals surface area contributed by atoms with Gasteiger partial charge in [0.1, 0.15) is 23.9 Å². The van der Waals surface area contributed by atoms with E-state index in [1.165, 1.54) is 36.4 Å². The maximum absolute atomic E-state index is 12.2. The number of hydrogen-bond donors (Lipinski definition) is 2. The molecule has 0 aliphatic heterocycles. The Hall–Kier alpha value is -3.52. The number of para-hydroxylation sites is 2. The summed E-state index contributed by atoms with van der Waals surface area (Å²) in [5.74, 6) is -0.151. The summed E-state index contributed by atoms with van der Waals surface area (Å²) in [7, 11) is 0. The lowest BCUT2D eigenvalue weighted by molar-refractivity contribution is -0.384. The highest BCUT2D eigenvalue weighted by atomic mass is 35.5. The fourth-order valence-electron chi connectivity index (χ4n) is 2.21. The van der Waals surface area contributed by atoms with Gasteiger partial charge in [-0.15, -0.1) is 0 Å². The molecule has 0 fully saturated rings. The highest BCUT2D eigenvalue weighted by molar-refractivity contribution is 6.32. The molecule has 138 valence electrons. The number of benzene rings is 2. The SMILES string of the molecule is O=C(Nc1ccccc1O)c1ccc(COc2cc([N+](=O)[O-])ccc2Cl)o1. The minimum absolute atomic E-state index is 0.0157. The van der Waals surface area contributed by atoms with Crippen LogP contribution in [-0.2, 0) is 6.61 Å². The van der Waals surface area contributed by atoms with Gasteiger partial charge >= 0.3 is 0 Å². The molecule has 9 heteroatoms. The third-order valence-electron chi connectivity index (χ3n) is 3.53. The van der Waals surface area contributed by atoms with Crippen molar-refractivity contribution >= 4 is 28.9 Å². The summed E-state index contributed by atoms with van der Waals surface area (Å²) in [4.78, 5) is 22.4. The molecule has 3 aromatic rings. The van der Waals surface area contributed by atoms with Crippen LogP contribution >= 0.6 is 11.6 Å². The van der Waals surface area contributed by atoms with Crippen LogP contribution in [0.1, 0.15) is 16.3 Å². The van der Waals surface area contributed by atoms with Gasteiger partial charge in [0, 0.05) is 6.07 Å². The Bertz CT molecular complexity index is 1000. The zero-order valence-corrected chi connectivity index (χ0v) is 14.5. The van der Waals surface area contributed by atoms with Crippen molar-refractivity contribution in [3.05, 3.63) is 81.3 Å². The molecular weight excluding hydrogens is 376 g/mol. The summed E-state index contributed by atoms with van der Waals surface area (Å²) >= 11 is 5.96. The van der Waals surface area contributed by atoms with E-state index >= 15 is 0 Å². The number of ether oxygens (including phenoxy) is 1. The summed E-state index contributed by atoms with van der Waals surface area (Å²) < 4.78 is 10.8. The highest BCUT2D eigenvalue weighted by Crippen LogP contribution is 2.29. The molecule has 0 saturated carbocycles. The molecule has 0 bridgehead atoms. The monoisotopic (exact) mass is 388 g/mol. The summed E-state index contributed by atoms with van der Waals surface area (Å²) in [6.07, 6.45) is 0. The van der Waals surface area contributed by atoms with Crippen LogP contribution < -0.4 is 10.1 Å². The fraction of sp³-hybridized carbons (Fsp3) is 0.0556. The Morgan fingerprint density at radius 3 is 2.74 bits per heavy atom. The van der Waals surface area contributed by atoms with Crippen molar-refractivity contribution < 1.29 is 24.0 Å². The first kappa shape index (κ1) is 18.3. The number of halogens is 1. The smallest absolute Gasteiger partial charge is 0.291 e. The zero-order valence-electron chi connectivity index (χ0n) is 13.7. The maximum Gasteiger partial charge on any atom is 0.291 e. The van der Waals surface area contributed by atoms with E-state index in [1.54, 1.807) is 18.2 Å². The number of furan rings is 1. The average Bonchev–Trinajstić information content (AvgIpc) is 3.12. The molecule has 27 heavy (non-hydrogen) atoms. The molecule has 0 saturated heterocycles. The van der Waals surface area contributed by atoms with Gasteiger partial charge in [0.05, 0.1) is 21.7 Å². The van der Waals surface area contributed by atoms with Crippen LogP contribution in [-0.4, -0.2) is 15.9 Å². The fourth-order valence-corrected chi connectivity index (χ4v) is 2.38. The standard InChI is InChI=1S/C18H13ClN2O6/c19-13-7-5-11(21(24)25)9-17(13)26-10-12-6-8-16(27-12)18(23)20-14-3-1-2-4-15(14)22/h1-9,22H,10H2,(H,20,23). The number of rotatable bonds is 6. The van der Waals surface area contributed by atoms with Gasteiger partial charge in [-0.3, -0.25) is 14.9 Å². The second kappa shape index (κ2) is 7.79. The number of phenolic OH excluding ortho intramolecular Hbond substituents is 1. The van der Waals surface area contributed by atoms with Gasteiger partial charge in [-0.2, -0.15) is 0 Å². The summed E-state index contributed by atoms with van der Waals surface area (Å²) in [5, 5.41) is 23.2. The third kappa shape index (κ3) is 4.36. The Labute approximate surface area is 158 Å². The first-order valence-corrected chi connectivity index (χ1v) is 8.06. The highest BCUT2D eigenvalue weighted by Gasteiger charge is 2.15. The molecule has 0 atom stereocenters. The largest absolute Gasteiger partial charge is 0.506 e. The second-order valence-electron chi connectivity index (χ2n) is 5.40. The molecule has 0 spiro atoms. The molecule has 8 nitrogen and oxygen atoms in total. The van der Waals surface area contributed by atoms with E-state index in [-0.39, 0.29) is 40.3 Å². The van der Waals surface area contributed by atoms with Gasteiger partial charge in [-0.1, -0.05) is 23.7 Å². The quantitative estimate of drug-likeness (QED) is 0.368. The number of phenols is 1. The van der Waals surface area contributed by atoms with E-state index in [1.807, 2.05) is 0 Å². The average molecular weight is 389 g/mol. The lowest BCUT2D eigenvalue weighted by Gasteiger charge is -2.06. The number of anilines is 1. The van der Waals surface area contributed by atoms with Crippen molar-refractivity contribution in [2.24, 2.45) is 0 Å². The number of aromatic hydroxyl groups is 1. The number of nitro groups is 1. The van der Waals surface area contributed by atoms with E-state index in [0.29, 0.717) is 5.76 Å². The van der Waals surface area contributed by atoms with E-state index in [0.717, 1.165) is 0 Å². The van der Waals surface area contributed by atoms with E-state index in [9.17, 15) is 20.0 Å². The van der Waals surface area contributed by atoms with Crippen LogP contribution in [0.25, 0.3) is 0 Å². The van der Waals surface area contributed by atoms with Gasteiger partial charge in [0.15, 0.2) is 5.76 Å². The van der Waals surface area contributed by atoms with Crippen LogP contribution in [0.2, 0.25) is 5.02 Å². The van der Waals surface area contributed by atoms with E-state index in [2.05, 4.69) is 5.32 Å². The van der Waals surface area contributed by atoms with Crippen molar-refractivity contribution in [2.45, 2.75) is 6.61 Å². The third-order valence-corrected chi connectivity index (χ3v) is 3.85. The van der Waals surface area contributed by atoms with Crippen molar-refractivity contribution in [1.29, 1.82) is 0 Å². The lowest BCUT2D eigenvalue weighted by Crippen LogP contribution is -2.10. The predicted octanol–water partition coefficient (Wildman–Crippen LogP) is 4.38. The van der Waals surface area contributed by atoms with E-state index < -0.39 is 10.8 Å².